The second-order valence-electron chi connectivity index (χ2n) is 5.66. The lowest BCUT2D eigenvalue weighted by molar-refractivity contribution is -0.119. The maximum atomic E-state index is 12.2. The van der Waals surface area contributed by atoms with E-state index in [1.807, 2.05) is 20.2 Å². The van der Waals surface area contributed by atoms with Gasteiger partial charge < -0.3 is 25.4 Å². The lowest BCUT2D eigenvalue weighted by Gasteiger charge is -2.15. The number of aromatic nitrogens is 2. The Morgan fingerprint density at radius 2 is 2.04 bits per heavy atom. The van der Waals surface area contributed by atoms with Gasteiger partial charge in [-0.2, -0.15) is 5.10 Å². The SMILES string of the molecule is COCC(=O)Nc1cc(NC(=O)N[C@H](C)c2cnn(C)c2)ccc1OC. The number of benzene rings is 1. The Balaban J connectivity index is 2.03. The first-order valence-electron chi connectivity index (χ1n) is 7.95. The van der Waals surface area contributed by atoms with Crippen molar-refractivity contribution in [1.82, 2.24) is 15.1 Å². The first kappa shape index (κ1) is 19.3. The van der Waals surface area contributed by atoms with Crippen LogP contribution in [0.4, 0.5) is 16.2 Å². The zero-order valence-electron chi connectivity index (χ0n) is 15.2. The van der Waals surface area contributed by atoms with Crippen LogP contribution in [0.5, 0.6) is 5.75 Å². The Morgan fingerprint density at radius 1 is 1.27 bits per heavy atom. The van der Waals surface area contributed by atoms with Gasteiger partial charge in [-0.15, -0.1) is 0 Å². The number of ether oxygens (including phenoxy) is 2. The number of anilines is 2. The van der Waals surface area contributed by atoms with Crippen molar-refractivity contribution in [3.05, 3.63) is 36.2 Å². The minimum Gasteiger partial charge on any atom is -0.495 e. The highest BCUT2D eigenvalue weighted by Gasteiger charge is 2.13. The zero-order chi connectivity index (χ0) is 19.1. The van der Waals surface area contributed by atoms with Crippen molar-refractivity contribution in [3.63, 3.8) is 0 Å². The highest BCUT2D eigenvalue weighted by molar-refractivity contribution is 5.95. The second-order valence-corrected chi connectivity index (χ2v) is 5.66. The van der Waals surface area contributed by atoms with Crippen molar-refractivity contribution in [2.75, 3.05) is 31.5 Å². The summed E-state index contributed by atoms with van der Waals surface area (Å²) >= 11 is 0. The second kappa shape index (κ2) is 8.86. The molecule has 0 radical (unpaired) electrons. The van der Waals surface area contributed by atoms with E-state index in [1.165, 1.54) is 14.2 Å². The molecule has 9 nitrogen and oxygen atoms in total. The number of aryl methyl sites for hydroxylation is 1. The van der Waals surface area contributed by atoms with Gasteiger partial charge >= 0.3 is 6.03 Å². The van der Waals surface area contributed by atoms with Gasteiger partial charge in [0.15, 0.2) is 0 Å². The van der Waals surface area contributed by atoms with Crippen molar-refractivity contribution in [2.45, 2.75) is 13.0 Å². The molecule has 1 heterocycles. The zero-order valence-corrected chi connectivity index (χ0v) is 15.2. The molecule has 0 saturated heterocycles. The third-order valence-electron chi connectivity index (χ3n) is 3.58. The van der Waals surface area contributed by atoms with E-state index in [1.54, 1.807) is 29.1 Å². The molecule has 1 aromatic carbocycles. The summed E-state index contributed by atoms with van der Waals surface area (Å²) in [6, 6.07) is 4.37. The molecule has 3 amide bonds. The Morgan fingerprint density at radius 3 is 2.65 bits per heavy atom. The fourth-order valence-corrected chi connectivity index (χ4v) is 2.31. The number of nitrogens with zero attached hydrogens (tertiary/aromatic N) is 2. The van der Waals surface area contributed by atoms with Gasteiger partial charge in [0.1, 0.15) is 12.4 Å². The Kier molecular flexibility index (Phi) is 6.56. The molecule has 2 aromatic rings. The van der Waals surface area contributed by atoms with Crippen LogP contribution in [0, 0.1) is 0 Å². The predicted molar refractivity (Wildman–Crippen MR) is 97.3 cm³/mol. The number of rotatable bonds is 7. The monoisotopic (exact) mass is 361 g/mol. The van der Waals surface area contributed by atoms with E-state index in [0.29, 0.717) is 17.1 Å². The van der Waals surface area contributed by atoms with Gasteiger partial charge in [0.2, 0.25) is 5.91 Å². The highest BCUT2D eigenvalue weighted by Crippen LogP contribution is 2.28. The van der Waals surface area contributed by atoms with Crippen LogP contribution in [0.15, 0.2) is 30.6 Å². The largest absolute Gasteiger partial charge is 0.495 e. The number of carbonyl (C=O) groups excluding carboxylic acids is 2. The minimum absolute atomic E-state index is 0.0794. The maximum absolute atomic E-state index is 12.2. The van der Waals surface area contributed by atoms with Crippen LogP contribution in [-0.4, -0.2) is 42.5 Å². The Labute approximate surface area is 151 Å². The summed E-state index contributed by atoms with van der Waals surface area (Å²) in [5, 5.41) is 12.3. The molecule has 0 fully saturated rings. The lowest BCUT2D eigenvalue weighted by atomic mass is 10.2. The molecular weight excluding hydrogens is 338 g/mol. The highest BCUT2D eigenvalue weighted by atomic mass is 16.5. The van der Waals surface area contributed by atoms with E-state index in [9.17, 15) is 9.59 Å². The molecule has 0 aliphatic carbocycles. The predicted octanol–water partition coefficient (Wildman–Crippen LogP) is 1.90. The van der Waals surface area contributed by atoms with Gasteiger partial charge in [-0.05, 0) is 25.1 Å². The van der Waals surface area contributed by atoms with Crippen LogP contribution >= 0.6 is 0 Å². The fourth-order valence-electron chi connectivity index (χ4n) is 2.31. The molecule has 1 atom stereocenters. The quantitative estimate of drug-likeness (QED) is 0.698. The van der Waals surface area contributed by atoms with Gasteiger partial charge in [-0.3, -0.25) is 9.48 Å². The van der Waals surface area contributed by atoms with Crippen LogP contribution in [0.1, 0.15) is 18.5 Å². The summed E-state index contributed by atoms with van der Waals surface area (Å²) in [6.07, 6.45) is 3.53. The van der Waals surface area contributed by atoms with E-state index in [0.717, 1.165) is 5.56 Å². The number of carbonyl (C=O) groups is 2. The molecular formula is C17H23N5O4. The number of nitrogens with one attached hydrogen (secondary N) is 3. The summed E-state index contributed by atoms with van der Waals surface area (Å²) in [5.41, 5.74) is 1.84. The molecule has 0 aliphatic rings. The third kappa shape index (κ3) is 5.21. The van der Waals surface area contributed by atoms with E-state index >= 15 is 0 Å². The van der Waals surface area contributed by atoms with Crippen molar-refractivity contribution in [2.24, 2.45) is 7.05 Å². The summed E-state index contributed by atoms with van der Waals surface area (Å²) < 4.78 is 11.7. The van der Waals surface area contributed by atoms with Gasteiger partial charge in [-0.1, -0.05) is 0 Å². The molecule has 3 N–H and O–H groups in total. The first-order chi connectivity index (χ1) is 12.4. The van der Waals surface area contributed by atoms with Crippen molar-refractivity contribution in [3.8, 4) is 5.75 Å². The van der Waals surface area contributed by atoms with E-state index in [-0.39, 0.29) is 24.6 Å². The molecule has 0 bridgehead atoms. The topological polar surface area (TPSA) is 107 Å². The standard InChI is InChI=1S/C17H23N5O4/c1-11(12-8-18-22(2)9-12)19-17(24)20-13-5-6-15(26-4)14(7-13)21-16(23)10-25-3/h5-9,11H,10H2,1-4H3,(H,21,23)(H2,19,20,24)/t11-/m1/s1. The third-order valence-corrected chi connectivity index (χ3v) is 3.58. The molecule has 0 saturated carbocycles. The summed E-state index contributed by atoms with van der Waals surface area (Å²) in [7, 11) is 4.74. The minimum atomic E-state index is -0.374. The molecule has 0 spiro atoms. The van der Waals surface area contributed by atoms with Gasteiger partial charge in [0.25, 0.3) is 0 Å². The van der Waals surface area contributed by atoms with E-state index in [4.69, 9.17) is 9.47 Å². The number of urea groups is 1. The molecule has 0 unspecified atom stereocenters. The summed E-state index contributed by atoms with van der Waals surface area (Å²) in [5.74, 6) is 0.154. The summed E-state index contributed by atoms with van der Waals surface area (Å²) in [6.45, 7) is 1.78. The molecule has 26 heavy (non-hydrogen) atoms. The van der Waals surface area contributed by atoms with Crippen LogP contribution in [0.25, 0.3) is 0 Å². The average Bonchev–Trinajstić information content (AvgIpc) is 3.02. The Hall–Kier alpha value is -3.07. The first-order valence-corrected chi connectivity index (χ1v) is 7.95. The van der Waals surface area contributed by atoms with Crippen LogP contribution in [0.3, 0.4) is 0 Å². The van der Waals surface area contributed by atoms with Gasteiger partial charge in [0.05, 0.1) is 25.0 Å². The number of methoxy groups -OCH3 is 2. The molecule has 140 valence electrons. The maximum Gasteiger partial charge on any atom is 0.319 e. The van der Waals surface area contributed by atoms with Crippen LogP contribution in [-0.2, 0) is 16.6 Å². The van der Waals surface area contributed by atoms with Gasteiger partial charge in [-0.25, -0.2) is 4.79 Å². The van der Waals surface area contributed by atoms with Crippen molar-refractivity contribution < 1.29 is 19.1 Å². The average molecular weight is 361 g/mol. The van der Waals surface area contributed by atoms with Crippen molar-refractivity contribution in [1.29, 1.82) is 0 Å². The van der Waals surface area contributed by atoms with Crippen molar-refractivity contribution >= 4 is 23.3 Å². The molecule has 9 heteroatoms. The van der Waals surface area contributed by atoms with E-state index in [2.05, 4.69) is 21.0 Å². The van der Waals surface area contributed by atoms with E-state index < -0.39 is 0 Å². The molecule has 1 aromatic heterocycles. The molecule has 2 rings (SSSR count). The summed E-state index contributed by atoms with van der Waals surface area (Å²) in [4.78, 5) is 23.9. The van der Waals surface area contributed by atoms with Crippen LogP contribution in [0.2, 0.25) is 0 Å². The fraction of sp³-hybridized carbons (Fsp3) is 0.353. The van der Waals surface area contributed by atoms with Crippen LogP contribution < -0.4 is 20.7 Å². The number of hydrogen-bond donors (Lipinski definition) is 3. The number of amides is 3. The molecule has 0 aliphatic heterocycles. The number of hydrogen-bond acceptors (Lipinski definition) is 5. The lowest BCUT2D eigenvalue weighted by Crippen LogP contribution is -2.31. The Bertz CT molecular complexity index is 774. The normalized spacial score (nSPS) is 11.5. The smallest absolute Gasteiger partial charge is 0.319 e. The van der Waals surface area contributed by atoms with Gasteiger partial charge in [0, 0.05) is 31.6 Å².